The lowest BCUT2D eigenvalue weighted by atomic mass is 10.2. The summed E-state index contributed by atoms with van der Waals surface area (Å²) >= 11 is 0. The Balaban J connectivity index is 3.06. The third-order valence-corrected chi connectivity index (χ3v) is 2.61. The van der Waals surface area contributed by atoms with Gasteiger partial charge in [0.05, 0.1) is 17.6 Å². The summed E-state index contributed by atoms with van der Waals surface area (Å²) in [7, 11) is 0. The number of aromatic nitrogens is 1. The standard InChI is InChI=1S/C10H15N3O4/c1-3-8(6-14)12(15)10-4-9(13(16)17)7(2)5-11-10/h4-5,8,12,14H,3,6H2,1-2H3/t8-/m0/s1. The van der Waals surface area contributed by atoms with Crippen molar-refractivity contribution in [1.82, 2.24) is 4.98 Å². The molecule has 1 aromatic heterocycles. The molecule has 0 radical (unpaired) electrons. The zero-order valence-electron chi connectivity index (χ0n) is 9.71. The number of pyridine rings is 1. The molecule has 0 bridgehead atoms. The van der Waals surface area contributed by atoms with Crippen LogP contribution in [0.2, 0.25) is 0 Å². The topological polar surface area (TPSA) is 104 Å². The molecule has 94 valence electrons. The Bertz CT molecular complexity index is 407. The van der Waals surface area contributed by atoms with E-state index in [4.69, 9.17) is 5.11 Å². The Morgan fingerprint density at radius 1 is 1.65 bits per heavy atom. The molecule has 2 atom stereocenters. The number of aryl methyl sites for hydroxylation is 1. The Morgan fingerprint density at radius 3 is 2.76 bits per heavy atom. The maximum atomic E-state index is 11.8. The Hall–Kier alpha value is -1.57. The number of aliphatic hydroxyl groups excluding tert-OH is 1. The van der Waals surface area contributed by atoms with Gasteiger partial charge in [-0.3, -0.25) is 10.1 Å². The van der Waals surface area contributed by atoms with Crippen molar-refractivity contribution >= 4 is 11.5 Å². The molecule has 1 unspecified atom stereocenters. The van der Waals surface area contributed by atoms with Crippen LogP contribution >= 0.6 is 0 Å². The minimum absolute atomic E-state index is 0.0307. The first-order valence-corrected chi connectivity index (χ1v) is 5.27. The predicted octanol–water partition coefficient (Wildman–Crippen LogP) is 0.0833. The first-order chi connectivity index (χ1) is 8.01. The molecular formula is C10H15N3O4. The van der Waals surface area contributed by atoms with Crippen molar-refractivity contribution in [2.75, 3.05) is 6.61 Å². The number of hydrogen-bond acceptors (Lipinski definition) is 5. The smallest absolute Gasteiger partial charge is 0.281 e. The molecule has 1 heterocycles. The molecule has 0 saturated carbocycles. The van der Waals surface area contributed by atoms with Gasteiger partial charge in [0, 0.05) is 11.8 Å². The normalized spacial score (nSPS) is 14.4. The van der Waals surface area contributed by atoms with E-state index in [2.05, 4.69) is 4.98 Å². The fraction of sp³-hybridized carbons (Fsp3) is 0.500. The third kappa shape index (κ3) is 2.96. The van der Waals surface area contributed by atoms with Gasteiger partial charge in [0.1, 0.15) is 6.04 Å². The molecule has 0 aliphatic carbocycles. The maximum Gasteiger partial charge on any atom is 0.281 e. The molecule has 1 rings (SSSR count). The van der Waals surface area contributed by atoms with Gasteiger partial charge < -0.3 is 15.4 Å². The minimum Gasteiger partial charge on any atom is -0.627 e. The maximum absolute atomic E-state index is 11.8. The van der Waals surface area contributed by atoms with Crippen molar-refractivity contribution in [3.63, 3.8) is 0 Å². The lowest BCUT2D eigenvalue weighted by Crippen LogP contribution is -3.07. The van der Waals surface area contributed by atoms with Crippen LogP contribution in [0.4, 0.5) is 11.5 Å². The summed E-state index contributed by atoms with van der Waals surface area (Å²) in [6, 6.07) is 0.612. The van der Waals surface area contributed by atoms with Crippen LogP contribution in [0.5, 0.6) is 0 Å². The van der Waals surface area contributed by atoms with Crippen LogP contribution < -0.4 is 5.06 Å². The summed E-state index contributed by atoms with van der Waals surface area (Å²) in [5.74, 6) is 0.0307. The first-order valence-electron chi connectivity index (χ1n) is 5.27. The lowest BCUT2D eigenvalue weighted by molar-refractivity contribution is -0.810. The summed E-state index contributed by atoms with van der Waals surface area (Å²) in [5.41, 5.74) is 0.278. The monoisotopic (exact) mass is 241 g/mol. The highest BCUT2D eigenvalue weighted by atomic mass is 16.6. The minimum atomic E-state index is -0.551. The summed E-state index contributed by atoms with van der Waals surface area (Å²) < 4.78 is 0. The van der Waals surface area contributed by atoms with Gasteiger partial charge in [-0.2, -0.15) is 0 Å². The summed E-state index contributed by atoms with van der Waals surface area (Å²) in [5, 5.41) is 31.2. The van der Waals surface area contributed by atoms with Gasteiger partial charge in [0.15, 0.2) is 0 Å². The number of rotatable bonds is 5. The van der Waals surface area contributed by atoms with Crippen molar-refractivity contribution in [2.45, 2.75) is 26.3 Å². The SMILES string of the molecule is CC[C@@H](CO)[NH+]([O-])c1cc([N+](=O)[O-])c(C)cn1. The van der Waals surface area contributed by atoms with Gasteiger partial charge in [0.2, 0.25) is 5.82 Å². The summed E-state index contributed by atoms with van der Waals surface area (Å²) in [6.45, 7) is 3.04. The molecule has 0 aliphatic heterocycles. The Morgan fingerprint density at radius 2 is 2.29 bits per heavy atom. The van der Waals surface area contributed by atoms with Gasteiger partial charge in [-0.05, 0) is 13.3 Å². The van der Waals surface area contributed by atoms with Gasteiger partial charge in [0.25, 0.3) is 5.69 Å². The second-order valence-corrected chi connectivity index (χ2v) is 3.77. The molecule has 7 nitrogen and oxygen atoms in total. The van der Waals surface area contributed by atoms with Crippen molar-refractivity contribution in [2.24, 2.45) is 0 Å². The van der Waals surface area contributed by atoms with E-state index in [1.54, 1.807) is 13.8 Å². The third-order valence-electron chi connectivity index (χ3n) is 2.61. The molecule has 0 aromatic carbocycles. The van der Waals surface area contributed by atoms with Crippen molar-refractivity contribution in [3.8, 4) is 0 Å². The molecule has 0 fully saturated rings. The molecule has 1 aromatic rings. The average molecular weight is 241 g/mol. The molecule has 0 saturated heterocycles. The fourth-order valence-electron chi connectivity index (χ4n) is 1.45. The van der Waals surface area contributed by atoms with E-state index < -0.39 is 11.0 Å². The second-order valence-electron chi connectivity index (χ2n) is 3.77. The Kier molecular flexibility index (Phi) is 4.50. The van der Waals surface area contributed by atoms with E-state index >= 15 is 0 Å². The number of nitrogens with zero attached hydrogens (tertiary/aromatic N) is 2. The molecule has 7 heteroatoms. The number of quaternary nitrogens is 1. The first kappa shape index (κ1) is 13.5. The molecular weight excluding hydrogens is 226 g/mol. The molecule has 0 amide bonds. The van der Waals surface area contributed by atoms with Crippen LogP contribution in [-0.2, 0) is 0 Å². The van der Waals surface area contributed by atoms with Gasteiger partial charge in [-0.25, -0.2) is 4.98 Å². The van der Waals surface area contributed by atoms with Crippen LogP contribution in [0.1, 0.15) is 18.9 Å². The second kappa shape index (κ2) is 5.67. The van der Waals surface area contributed by atoms with Crippen molar-refractivity contribution in [1.29, 1.82) is 0 Å². The molecule has 17 heavy (non-hydrogen) atoms. The number of hydroxylamine groups is 1. The van der Waals surface area contributed by atoms with Crippen LogP contribution in [-0.4, -0.2) is 27.7 Å². The van der Waals surface area contributed by atoms with Gasteiger partial charge in [-0.15, -0.1) is 0 Å². The number of nitrogens with one attached hydrogen (secondary N) is 1. The molecule has 0 spiro atoms. The fourth-order valence-corrected chi connectivity index (χ4v) is 1.45. The molecule has 0 aliphatic rings. The van der Waals surface area contributed by atoms with E-state index in [-0.39, 0.29) is 23.2 Å². The summed E-state index contributed by atoms with van der Waals surface area (Å²) in [4.78, 5) is 14.0. The predicted molar refractivity (Wildman–Crippen MR) is 60.8 cm³/mol. The van der Waals surface area contributed by atoms with E-state index in [0.29, 0.717) is 12.0 Å². The number of nitro groups is 1. The summed E-state index contributed by atoms with van der Waals surface area (Å²) in [6.07, 6.45) is 1.77. The highest BCUT2D eigenvalue weighted by Gasteiger charge is 2.20. The number of hydrogen-bond donors (Lipinski definition) is 2. The van der Waals surface area contributed by atoms with E-state index in [0.717, 1.165) is 6.07 Å². The highest BCUT2D eigenvalue weighted by molar-refractivity contribution is 5.43. The van der Waals surface area contributed by atoms with Crippen LogP contribution in [0.15, 0.2) is 12.3 Å². The van der Waals surface area contributed by atoms with Crippen LogP contribution in [0.25, 0.3) is 0 Å². The quantitative estimate of drug-likeness (QED) is 0.561. The van der Waals surface area contributed by atoms with Crippen molar-refractivity contribution < 1.29 is 15.1 Å². The van der Waals surface area contributed by atoms with Crippen LogP contribution in [0, 0.1) is 22.2 Å². The van der Waals surface area contributed by atoms with Gasteiger partial charge >= 0.3 is 0 Å². The molecule has 2 N–H and O–H groups in total. The van der Waals surface area contributed by atoms with Crippen molar-refractivity contribution in [3.05, 3.63) is 33.1 Å². The lowest BCUT2D eigenvalue weighted by Gasteiger charge is -2.27. The van der Waals surface area contributed by atoms with E-state index in [1.165, 1.54) is 6.20 Å². The van der Waals surface area contributed by atoms with E-state index in [9.17, 15) is 15.3 Å². The zero-order chi connectivity index (χ0) is 13.0. The Labute approximate surface area is 98.4 Å². The van der Waals surface area contributed by atoms with E-state index in [1.807, 2.05) is 0 Å². The zero-order valence-corrected chi connectivity index (χ0v) is 9.71. The largest absolute Gasteiger partial charge is 0.627 e. The van der Waals surface area contributed by atoms with Crippen LogP contribution in [0.3, 0.4) is 0 Å². The average Bonchev–Trinajstić information content (AvgIpc) is 2.30. The highest BCUT2D eigenvalue weighted by Crippen LogP contribution is 2.18. The van der Waals surface area contributed by atoms with Gasteiger partial charge in [-0.1, -0.05) is 6.92 Å². The number of aliphatic hydroxyl groups is 1.